The Morgan fingerprint density at radius 2 is 2.25 bits per heavy atom. The van der Waals surface area contributed by atoms with E-state index in [4.69, 9.17) is 5.26 Å². The Labute approximate surface area is 96.5 Å². The van der Waals surface area contributed by atoms with Gasteiger partial charge in [0.2, 0.25) is 0 Å². The van der Waals surface area contributed by atoms with Crippen LogP contribution in [-0.2, 0) is 0 Å². The van der Waals surface area contributed by atoms with Crippen molar-refractivity contribution in [2.24, 2.45) is 0 Å². The van der Waals surface area contributed by atoms with Crippen LogP contribution in [0, 0.1) is 25.2 Å². The molecule has 1 saturated heterocycles. The summed E-state index contributed by atoms with van der Waals surface area (Å²) in [6, 6.07) is 2.68. The number of aryl methyl sites for hydroxylation is 1. The van der Waals surface area contributed by atoms with Gasteiger partial charge in [0, 0.05) is 13.1 Å². The Morgan fingerprint density at radius 3 is 2.75 bits per heavy atom. The number of hydrogen-bond acceptors (Lipinski definition) is 3. The minimum atomic E-state index is 0.445. The molecule has 0 aliphatic carbocycles. The summed E-state index contributed by atoms with van der Waals surface area (Å²) in [5.41, 5.74) is 2.62. The topological polar surface area (TPSA) is 44.9 Å². The molecule has 2 heterocycles. The lowest BCUT2D eigenvalue weighted by atomic mass is 10.2. The van der Waals surface area contributed by atoms with E-state index in [-0.39, 0.29) is 0 Å². The smallest absolute Gasteiger partial charge is 0.103 e. The highest BCUT2D eigenvalue weighted by atomic mass is 15.3. The van der Waals surface area contributed by atoms with Gasteiger partial charge in [-0.3, -0.25) is 4.68 Å². The lowest BCUT2D eigenvalue weighted by Gasteiger charge is -2.14. The van der Waals surface area contributed by atoms with Gasteiger partial charge in [0.1, 0.15) is 6.07 Å². The Bertz CT molecular complexity index is 427. The molecule has 0 aromatic carbocycles. The van der Waals surface area contributed by atoms with Crippen LogP contribution in [-0.4, -0.2) is 34.3 Å². The lowest BCUT2D eigenvalue weighted by Crippen LogP contribution is -2.21. The number of aromatic nitrogens is 2. The first-order valence-corrected chi connectivity index (χ1v) is 5.85. The third kappa shape index (κ3) is 1.72. The van der Waals surface area contributed by atoms with Gasteiger partial charge in [-0.25, -0.2) is 0 Å². The molecule has 0 amide bonds. The molecule has 1 unspecified atom stereocenters. The third-order valence-electron chi connectivity index (χ3n) is 3.48. The fraction of sp³-hybridized carbons (Fsp3) is 0.667. The second kappa shape index (κ2) is 4.26. The van der Waals surface area contributed by atoms with Crippen molar-refractivity contribution in [1.82, 2.24) is 14.7 Å². The first kappa shape index (κ1) is 11.2. The molecule has 0 saturated carbocycles. The first-order valence-electron chi connectivity index (χ1n) is 5.85. The van der Waals surface area contributed by atoms with Crippen molar-refractivity contribution in [3.05, 3.63) is 17.0 Å². The largest absolute Gasteiger partial charge is 0.301 e. The normalized spacial score (nSPS) is 21.2. The predicted molar refractivity (Wildman–Crippen MR) is 62.2 cm³/mol. The van der Waals surface area contributed by atoms with Gasteiger partial charge in [0.05, 0.1) is 23.0 Å². The van der Waals surface area contributed by atoms with Crippen molar-refractivity contribution in [2.45, 2.75) is 33.2 Å². The molecule has 1 aromatic heterocycles. The van der Waals surface area contributed by atoms with E-state index in [1.54, 1.807) is 0 Å². The van der Waals surface area contributed by atoms with Crippen molar-refractivity contribution in [3.63, 3.8) is 0 Å². The van der Waals surface area contributed by atoms with Crippen molar-refractivity contribution < 1.29 is 0 Å². The van der Waals surface area contributed by atoms with E-state index < -0.39 is 0 Å². The molecule has 0 spiro atoms. The predicted octanol–water partition coefficient (Wildman–Crippen LogP) is 1.64. The second-order valence-electron chi connectivity index (χ2n) is 4.44. The number of nitrogens with zero attached hydrogens (tertiary/aromatic N) is 4. The van der Waals surface area contributed by atoms with Gasteiger partial charge in [-0.15, -0.1) is 0 Å². The van der Waals surface area contributed by atoms with Gasteiger partial charge in [-0.1, -0.05) is 6.92 Å². The highest BCUT2D eigenvalue weighted by molar-refractivity contribution is 5.37. The van der Waals surface area contributed by atoms with E-state index in [0.29, 0.717) is 6.04 Å². The Morgan fingerprint density at radius 1 is 1.50 bits per heavy atom. The Kier molecular flexibility index (Phi) is 2.97. The highest BCUT2D eigenvalue weighted by Crippen LogP contribution is 2.24. The molecule has 4 nitrogen and oxygen atoms in total. The Balaban J connectivity index is 2.26. The molecular formula is C12H18N4. The number of rotatable bonds is 2. The third-order valence-corrected chi connectivity index (χ3v) is 3.48. The van der Waals surface area contributed by atoms with Crippen molar-refractivity contribution in [2.75, 3.05) is 19.6 Å². The summed E-state index contributed by atoms with van der Waals surface area (Å²) in [6.07, 6.45) is 1.14. The van der Waals surface area contributed by atoms with Gasteiger partial charge in [0.15, 0.2) is 0 Å². The summed E-state index contributed by atoms with van der Waals surface area (Å²) in [5.74, 6) is 0. The minimum absolute atomic E-state index is 0.445. The quantitative estimate of drug-likeness (QED) is 0.758. The standard InChI is InChI=1S/C12H18N4/c1-4-15-6-5-11(8-15)16-10(3)12(7-13)9(2)14-16/h11H,4-6,8H2,1-3H3. The number of likely N-dealkylation sites (N-methyl/N-ethyl adjacent to an activating group) is 1. The Hall–Kier alpha value is -1.34. The fourth-order valence-electron chi connectivity index (χ4n) is 2.48. The SMILES string of the molecule is CCN1CCC(n2nc(C)c(C#N)c2C)C1. The molecule has 1 aromatic rings. The van der Waals surface area contributed by atoms with Crippen LogP contribution in [0.25, 0.3) is 0 Å². The maximum Gasteiger partial charge on any atom is 0.103 e. The summed E-state index contributed by atoms with van der Waals surface area (Å²) >= 11 is 0. The molecule has 0 N–H and O–H groups in total. The molecule has 2 rings (SSSR count). The van der Waals surface area contributed by atoms with Gasteiger partial charge in [0.25, 0.3) is 0 Å². The van der Waals surface area contributed by atoms with Crippen LogP contribution >= 0.6 is 0 Å². The summed E-state index contributed by atoms with van der Waals surface area (Å²) in [5, 5.41) is 13.5. The molecule has 1 aliphatic heterocycles. The molecule has 0 radical (unpaired) electrons. The maximum atomic E-state index is 9.04. The first-order chi connectivity index (χ1) is 7.67. The molecule has 4 heteroatoms. The average Bonchev–Trinajstić information content (AvgIpc) is 2.83. The van der Waals surface area contributed by atoms with Crippen molar-refractivity contribution in [3.8, 4) is 6.07 Å². The van der Waals surface area contributed by atoms with Crippen LogP contribution in [0.4, 0.5) is 0 Å². The molecular weight excluding hydrogens is 200 g/mol. The molecule has 1 fully saturated rings. The van der Waals surface area contributed by atoms with Crippen LogP contribution in [0.3, 0.4) is 0 Å². The van der Waals surface area contributed by atoms with E-state index >= 15 is 0 Å². The minimum Gasteiger partial charge on any atom is -0.301 e. The summed E-state index contributed by atoms with van der Waals surface area (Å²) in [6.45, 7) is 9.39. The van der Waals surface area contributed by atoms with E-state index in [9.17, 15) is 0 Å². The van der Waals surface area contributed by atoms with E-state index in [0.717, 1.165) is 43.0 Å². The molecule has 1 aliphatic rings. The average molecular weight is 218 g/mol. The monoisotopic (exact) mass is 218 g/mol. The van der Waals surface area contributed by atoms with E-state index in [1.807, 2.05) is 18.5 Å². The van der Waals surface area contributed by atoms with Crippen molar-refractivity contribution >= 4 is 0 Å². The molecule has 1 atom stereocenters. The number of nitriles is 1. The van der Waals surface area contributed by atoms with Crippen LogP contribution in [0.2, 0.25) is 0 Å². The molecule has 16 heavy (non-hydrogen) atoms. The zero-order chi connectivity index (χ0) is 11.7. The maximum absolute atomic E-state index is 9.04. The van der Waals surface area contributed by atoms with Gasteiger partial charge in [-0.05, 0) is 26.8 Å². The van der Waals surface area contributed by atoms with Gasteiger partial charge in [-0.2, -0.15) is 10.4 Å². The van der Waals surface area contributed by atoms with Gasteiger partial charge >= 0.3 is 0 Å². The van der Waals surface area contributed by atoms with Crippen LogP contribution < -0.4 is 0 Å². The lowest BCUT2D eigenvalue weighted by molar-refractivity contribution is 0.334. The fourth-order valence-corrected chi connectivity index (χ4v) is 2.48. The van der Waals surface area contributed by atoms with Crippen molar-refractivity contribution in [1.29, 1.82) is 5.26 Å². The zero-order valence-electron chi connectivity index (χ0n) is 10.2. The molecule has 86 valence electrons. The summed E-state index contributed by atoms with van der Waals surface area (Å²) < 4.78 is 2.05. The molecule has 0 bridgehead atoms. The summed E-state index contributed by atoms with van der Waals surface area (Å²) in [7, 11) is 0. The van der Waals surface area contributed by atoms with E-state index in [1.165, 1.54) is 0 Å². The highest BCUT2D eigenvalue weighted by Gasteiger charge is 2.25. The summed E-state index contributed by atoms with van der Waals surface area (Å²) in [4.78, 5) is 2.42. The van der Waals surface area contributed by atoms with Crippen LogP contribution in [0.5, 0.6) is 0 Å². The van der Waals surface area contributed by atoms with Crippen LogP contribution in [0.1, 0.15) is 36.3 Å². The number of likely N-dealkylation sites (tertiary alicyclic amines) is 1. The van der Waals surface area contributed by atoms with E-state index in [2.05, 4.69) is 23.0 Å². The zero-order valence-corrected chi connectivity index (χ0v) is 10.2. The van der Waals surface area contributed by atoms with Crippen LogP contribution in [0.15, 0.2) is 0 Å². The second-order valence-corrected chi connectivity index (χ2v) is 4.44. The number of hydrogen-bond donors (Lipinski definition) is 0. The van der Waals surface area contributed by atoms with Gasteiger partial charge < -0.3 is 4.90 Å².